The number of halogens is 2. The Hall–Kier alpha value is -2.49. The molecule has 2 aromatic carbocycles. The predicted molar refractivity (Wildman–Crippen MR) is 112 cm³/mol. The van der Waals surface area contributed by atoms with E-state index in [9.17, 15) is 4.39 Å². The van der Waals surface area contributed by atoms with E-state index in [1.807, 2.05) is 30.3 Å². The molecule has 3 heterocycles. The summed E-state index contributed by atoms with van der Waals surface area (Å²) < 4.78 is 37.5. The van der Waals surface area contributed by atoms with Crippen LogP contribution in [0.5, 0.6) is 11.5 Å². The fourth-order valence-electron chi connectivity index (χ4n) is 3.80. The van der Waals surface area contributed by atoms with Crippen molar-refractivity contribution in [3.05, 3.63) is 47.2 Å². The van der Waals surface area contributed by atoms with E-state index < -0.39 is 24.5 Å². The van der Waals surface area contributed by atoms with Crippen LogP contribution in [0.15, 0.2) is 47.2 Å². The van der Waals surface area contributed by atoms with E-state index in [2.05, 4.69) is 31.2 Å². The smallest absolute Gasteiger partial charge is 0.164 e. The Labute approximate surface area is 180 Å². The molecule has 2 aliphatic rings. The largest absolute Gasteiger partial charge is 0.493 e. The fourth-order valence-corrected chi connectivity index (χ4v) is 4.20. The number of anilines is 2. The molecule has 30 heavy (non-hydrogen) atoms. The van der Waals surface area contributed by atoms with E-state index in [4.69, 9.17) is 18.9 Å². The molecule has 156 valence electrons. The highest BCUT2D eigenvalue weighted by Gasteiger charge is 2.49. The molecule has 2 saturated heterocycles. The zero-order valence-corrected chi connectivity index (χ0v) is 17.6. The number of methoxy groups -OCH3 is 1. The zero-order valence-electron chi connectivity index (χ0n) is 16.0. The van der Waals surface area contributed by atoms with Crippen molar-refractivity contribution in [2.45, 2.75) is 24.5 Å². The summed E-state index contributed by atoms with van der Waals surface area (Å²) in [5.74, 6) is 1.66. The molecule has 0 bridgehead atoms. The zero-order chi connectivity index (χ0) is 20.7. The van der Waals surface area contributed by atoms with Crippen LogP contribution in [0.25, 0.3) is 10.9 Å². The lowest BCUT2D eigenvalue weighted by Crippen LogP contribution is -2.33. The van der Waals surface area contributed by atoms with Crippen LogP contribution in [0.3, 0.4) is 0 Å². The van der Waals surface area contributed by atoms with Gasteiger partial charge >= 0.3 is 0 Å². The summed E-state index contributed by atoms with van der Waals surface area (Å²) >= 11 is 3.47. The van der Waals surface area contributed by atoms with Crippen molar-refractivity contribution in [2.24, 2.45) is 0 Å². The number of hydrogen-bond acceptors (Lipinski definition) is 7. The molecule has 1 N–H and O–H groups in total. The third-order valence-electron chi connectivity index (χ3n) is 5.23. The monoisotopic (exact) mass is 475 g/mol. The van der Waals surface area contributed by atoms with Crippen LogP contribution < -0.4 is 14.8 Å². The number of fused-ring (bicyclic) bond motifs is 2. The van der Waals surface area contributed by atoms with Gasteiger partial charge in [0.05, 0.1) is 25.8 Å². The van der Waals surface area contributed by atoms with E-state index in [0.29, 0.717) is 22.8 Å². The van der Waals surface area contributed by atoms with Crippen LogP contribution in [-0.2, 0) is 9.47 Å². The highest BCUT2D eigenvalue weighted by Crippen LogP contribution is 2.38. The van der Waals surface area contributed by atoms with Gasteiger partial charge in [-0.3, -0.25) is 0 Å². The third-order valence-corrected chi connectivity index (χ3v) is 5.73. The second kappa shape index (κ2) is 7.98. The van der Waals surface area contributed by atoms with Gasteiger partial charge in [0.25, 0.3) is 0 Å². The second-order valence-electron chi connectivity index (χ2n) is 7.15. The maximum Gasteiger partial charge on any atom is 0.164 e. The third kappa shape index (κ3) is 3.57. The summed E-state index contributed by atoms with van der Waals surface area (Å²) in [6.07, 6.45) is -1.06. The van der Waals surface area contributed by atoms with Crippen molar-refractivity contribution >= 4 is 38.3 Å². The maximum absolute atomic E-state index is 13.8. The molecule has 0 aliphatic carbocycles. The van der Waals surface area contributed by atoms with E-state index in [-0.39, 0.29) is 13.2 Å². The number of alkyl halides is 1. The second-order valence-corrected chi connectivity index (χ2v) is 8.06. The van der Waals surface area contributed by atoms with Gasteiger partial charge in [0.1, 0.15) is 24.4 Å². The highest BCUT2D eigenvalue weighted by molar-refractivity contribution is 9.10. The molecule has 5 rings (SSSR count). The SMILES string of the molecule is COc1cc2c(Nc3cccc(Br)c3)ncnc2cc1O[C@@H]1CO[C@@H]2C1OC[C@H]2F. The van der Waals surface area contributed by atoms with Crippen LogP contribution in [0.4, 0.5) is 15.9 Å². The van der Waals surface area contributed by atoms with Gasteiger partial charge in [0.15, 0.2) is 23.8 Å². The molecule has 1 unspecified atom stereocenters. The molecule has 2 aliphatic heterocycles. The fraction of sp³-hybridized carbons (Fsp3) is 0.333. The molecule has 0 amide bonds. The number of nitrogens with zero attached hydrogens (tertiary/aromatic N) is 2. The Morgan fingerprint density at radius 3 is 2.80 bits per heavy atom. The number of ether oxygens (including phenoxy) is 4. The standard InChI is InChI=1S/C21H19BrFN3O4/c1-27-16-6-13-15(24-10-25-21(13)26-12-4-2-3-11(22)5-12)7-17(16)30-18-9-29-19-14(23)8-28-20(18)19/h2-7,10,14,18-20H,8-9H2,1H3,(H,24,25,26)/t14-,18-,19+,20?/m1/s1. The van der Waals surface area contributed by atoms with Gasteiger partial charge < -0.3 is 24.3 Å². The van der Waals surface area contributed by atoms with Crippen molar-refractivity contribution in [1.82, 2.24) is 9.97 Å². The van der Waals surface area contributed by atoms with Crippen molar-refractivity contribution in [2.75, 3.05) is 25.6 Å². The average Bonchev–Trinajstić information content (AvgIpc) is 3.31. The van der Waals surface area contributed by atoms with Gasteiger partial charge in [0.2, 0.25) is 0 Å². The summed E-state index contributed by atoms with van der Waals surface area (Å²) in [5, 5.41) is 4.09. The van der Waals surface area contributed by atoms with E-state index in [1.54, 1.807) is 13.2 Å². The normalized spacial score (nSPS) is 25.3. The quantitative estimate of drug-likeness (QED) is 0.596. The summed E-state index contributed by atoms with van der Waals surface area (Å²) in [5.41, 5.74) is 1.57. The van der Waals surface area contributed by atoms with E-state index >= 15 is 0 Å². The molecule has 3 aromatic rings. The molecule has 7 nitrogen and oxygen atoms in total. The minimum atomic E-state index is -1.12. The predicted octanol–water partition coefficient (Wildman–Crippen LogP) is 4.03. The summed E-state index contributed by atoms with van der Waals surface area (Å²) in [6.45, 7) is 0.290. The highest BCUT2D eigenvalue weighted by atomic mass is 79.9. The molecule has 0 radical (unpaired) electrons. The summed E-state index contributed by atoms with van der Waals surface area (Å²) in [7, 11) is 1.57. The first-order valence-electron chi connectivity index (χ1n) is 9.51. The van der Waals surface area contributed by atoms with Crippen molar-refractivity contribution in [1.29, 1.82) is 0 Å². The van der Waals surface area contributed by atoms with Gasteiger partial charge in [-0.1, -0.05) is 22.0 Å². The van der Waals surface area contributed by atoms with Crippen molar-refractivity contribution in [3.8, 4) is 11.5 Å². The molecule has 2 fully saturated rings. The van der Waals surface area contributed by atoms with Crippen LogP contribution in [0.2, 0.25) is 0 Å². The molecule has 1 aromatic heterocycles. The van der Waals surface area contributed by atoms with Gasteiger partial charge in [-0.05, 0) is 24.3 Å². The molecular formula is C21H19BrFN3O4. The summed E-state index contributed by atoms with van der Waals surface area (Å²) in [6, 6.07) is 11.4. The molecule has 9 heteroatoms. The van der Waals surface area contributed by atoms with Crippen LogP contribution >= 0.6 is 15.9 Å². The lowest BCUT2D eigenvalue weighted by atomic mass is 10.1. The van der Waals surface area contributed by atoms with Gasteiger partial charge in [-0.25, -0.2) is 14.4 Å². The Kier molecular flexibility index (Phi) is 5.18. The van der Waals surface area contributed by atoms with Crippen molar-refractivity contribution in [3.63, 3.8) is 0 Å². The first-order valence-corrected chi connectivity index (χ1v) is 10.3. The molecular weight excluding hydrogens is 457 g/mol. The van der Waals surface area contributed by atoms with Crippen LogP contribution in [0, 0.1) is 0 Å². The first-order chi connectivity index (χ1) is 14.6. The van der Waals surface area contributed by atoms with Gasteiger partial charge in [0, 0.05) is 21.6 Å². The number of rotatable bonds is 5. The number of benzene rings is 2. The average molecular weight is 476 g/mol. The lowest BCUT2D eigenvalue weighted by Gasteiger charge is -2.20. The number of hydrogen-bond donors (Lipinski definition) is 1. The molecule has 4 atom stereocenters. The minimum Gasteiger partial charge on any atom is -0.493 e. The Morgan fingerprint density at radius 1 is 1.10 bits per heavy atom. The van der Waals surface area contributed by atoms with Crippen molar-refractivity contribution < 1.29 is 23.3 Å². The van der Waals surface area contributed by atoms with Gasteiger partial charge in [-0.15, -0.1) is 0 Å². The summed E-state index contributed by atoms with van der Waals surface area (Å²) in [4.78, 5) is 8.75. The van der Waals surface area contributed by atoms with E-state index in [0.717, 1.165) is 15.5 Å². The molecule has 0 saturated carbocycles. The van der Waals surface area contributed by atoms with Gasteiger partial charge in [-0.2, -0.15) is 0 Å². The minimum absolute atomic E-state index is 0.0297. The van der Waals surface area contributed by atoms with E-state index in [1.165, 1.54) is 6.33 Å². The Balaban J connectivity index is 1.46. The number of nitrogens with one attached hydrogen (secondary N) is 1. The maximum atomic E-state index is 13.8. The van der Waals surface area contributed by atoms with Crippen LogP contribution in [0.1, 0.15) is 0 Å². The topological polar surface area (TPSA) is 74.7 Å². The Morgan fingerprint density at radius 2 is 1.97 bits per heavy atom. The molecule has 0 spiro atoms. The number of aromatic nitrogens is 2. The van der Waals surface area contributed by atoms with Crippen LogP contribution in [-0.4, -0.2) is 54.8 Å². The lowest BCUT2D eigenvalue weighted by molar-refractivity contribution is 0.0271. The first kappa shape index (κ1) is 19.5. The Bertz CT molecular complexity index is 1090.